The van der Waals surface area contributed by atoms with Crippen LogP contribution in [0.5, 0.6) is 0 Å². The molecule has 0 unspecified atom stereocenters. The highest BCUT2D eigenvalue weighted by Crippen LogP contribution is 2.39. The van der Waals surface area contributed by atoms with Crippen LogP contribution >= 0.6 is 0 Å². The Morgan fingerprint density at radius 1 is 0.391 bits per heavy atom. The number of hydrogen-bond acceptors (Lipinski definition) is 1. The van der Waals surface area contributed by atoms with E-state index in [1.807, 2.05) is 18.2 Å². The average Bonchev–Trinajstić information content (AvgIpc) is 3.65. The minimum Gasteiger partial charge on any atom is -0.309 e. The van der Waals surface area contributed by atoms with E-state index in [1.54, 1.807) is 0 Å². The van der Waals surface area contributed by atoms with Crippen molar-refractivity contribution >= 4 is 43.6 Å². The summed E-state index contributed by atoms with van der Waals surface area (Å²) in [6, 6.07) is 60.2. The van der Waals surface area contributed by atoms with E-state index in [2.05, 4.69) is 161 Å². The molecule has 3 heteroatoms. The van der Waals surface area contributed by atoms with Gasteiger partial charge in [-0.05, 0) is 71.3 Å². The van der Waals surface area contributed by atoms with Crippen molar-refractivity contribution < 1.29 is 0 Å². The first-order valence-corrected chi connectivity index (χ1v) is 15.5. The number of aromatic nitrogens is 2. The average molecular weight is 586 g/mol. The second-order valence-electron chi connectivity index (χ2n) is 11.7. The Morgan fingerprint density at radius 3 is 1.43 bits per heavy atom. The van der Waals surface area contributed by atoms with E-state index in [4.69, 9.17) is 0 Å². The Labute approximate surface area is 266 Å². The summed E-state index contributed by atoms with van der Waals surface area (Å²) in [6.07, 6.45) is 0. The topological polar surface area (TPSA) is 33.6 Å². The molecule has 2 heterocycles. The standard InChI is InChI=1S/C43H27N3/c44-28-29-10-9-11-32(26-29)34-25-22-31(27-43(34)46-41-18-7-3-14-37(41)38-15-4-8-19-42(38)46)30-20-23-33(24-21-30)45-39-16-5-1-12-35(39)36-13-2-6-17-40(36)45/h1-27H. The zero-order valence-electron chi connectivity index (χ0n) is 24.9. The smallest absolute Gasteiger partial charge is 0.0991 e. The number of para-hydroxylation sites is 4. The van der Waals surface area contributed by atoms with Gasteiger partial charge in [-0.1, -0.05) is 109 Å². The van der Waals surface area contributed by atoms with Crippen LogP contribution in [0.1, 0.15) is 5.56 Å². The predicted octanol–water partition coefficient (Wildman–Crippen LogP) is 11.1. The maximum absolute atomic E-state index is 9.69. The zero-order valence-corrected chi connectivity index (χ0v) is 24.9. The number of nitrogens with zero attached hydrogens (tertiary/aromatic N) is 3. The molecule has 0 aliphatic carbocycles. The van der Waals surface area contributed by atoms with Crippen LogP contribution < -0.4 is 0 Å². The van der Waals surface area contributed by atoms with Gasteiger partial charge in [-0.3, -0.25) is 0 Å². The Hall–Kier alpha value is -6.37. The van der Waals surface area contributed by atoms with E-state index in [9.17, 15) is 5.26 Å². The van der Waals surface area contributed by atoms with Crippen LogP contribution in [0.25, 0.3) is 77.2 Å². The van der Waals surface area contributed by atoms with Crippen molar-refractivity contribution in [1.29, 1.82) is 5.26 Å². The molecule has 0 amide bonds. The van der Waals surface area contributed by atoms with Gasteiger partial charge in [-0.25, -0.2) is 0 Å². The van der Waals surface area contributed by atoms with Gasteiger partial charge in [0.25, 0.3) is 0 Å². The summed E-state index contributed by atoms with van der Waals surface area (Å²) < 4.78 is 4.72. The van der Waals surface area contributed by atoms with Gasteiger partial charge >= 0.3 is 0 Å². The van der Waals surface area contributed by atoms with Gasteiger partial charge in [0.1, 0.15) is 0 Å². The maximum atomic E-state index is 9.69. The minimum atomic E-state index is 0.649. The molecule has 7 aromatic carbocycles. The van der Waals surface area contributed by atoms with Crippen LogP contribution in [0.2, 0.25) is 0 Å². The minimum absolute atomic E-state index is 0.649. The molecule has 0 saturated carbocycles. The first kappa shape index (κ1) is 26.1. The fraction of sp³-hybridized carbons (Fsp3) is 0. The monoisotopic (exact) mass is 585 g/mol. The maximum Gasteiger partial charge on any atom is 0.0991 e. The second-order valence-corrected chi connectivity index (χ2v) is 11.7. The van der Waals surface area contributed by atoms with Gasteiger partial charge in [0.05, 0.1) is 39.4 Å². The molecule has 0 N–H and O–H groups in total. The van der Waals surface area contributed by atoms with Crippen LogP contribution in [-0.2, 0) is 0 Å². The van der Waals surface area contributed by atoms with Crippen molar-refractivity contribution in [1.82, 2.24) is 9.13 Å². The summed E-state index contributed by atoms with van der Waals surface area (Å²) in [4.78, 5) is 0. The lowest BCUT2D eigenvalue weighted by Gasteiger charge is -2.17. The lowest BCUT2D eigenvalue weighted by atomic mass is 9.96. The number of nitriles is 1. The number of rotatable bonds is 4. The van der Waals surface area contributed by atoms with E-state index in [0.717, 1.165) is 44.7 Å². The summed E-state index contributed by atoms with van der Waals surface area (Å²) in [5.41, 5.74) is 11.9. The second kappa shape index (κ2) is 10.4. The van der Waals surface area contributed by atoms with Gasteiger partial charge in [0.2, 0.25) is 0 Å². The number of benzene rings is 7. The third-order valence-corrected chi connectivity index (χ3v) is 9.16. The van der Waals surface area contributed by atoms with Crippen LogP contribution in [0, 0.1) is 11.3 Å². The first-order valence-electron chi connectivity index (χ1n) is 15.5. The van der Waals surface area contributed by atoms with Crippen LogP contribution in [0.4, 0.5) is 0 Å². The van der Waals surface area contributed by atoms with Gasteiger partial charge in [-0.2, -0.15) is 5.26 Å². The summed E-state index contributed by atoms with van der Waals surface area (Å²) in [7, 11) is 0. The Morgan fingerprint density at radius 2 is 0.891 bits per heavy atom. The van der Waals surface area contributed by atoms with E-state index < -0.39 is 0 Å². The summed E-state index contributed by atoms with van der Waals surface area (Å²) in [5.74, 6) is 0. The summed E-state index contributed by atoms with van der Waals surface area (Å²) >= 11 is 0. The van der Waals surface area contributed by atoms with E-state index in [0.29, 0.717) is 5.56 Å². The molecule has 3 nitrogen and oxygen atoms in total. The molecule has 9 rings (SSSR count). The van der Waals surface area contributed by atoms with Gasteiger partial charge < -0.3 is 9.13 Å². The summed E-state index contributed by atoms with van der Waals surface area (Å²) in [5, 5.41) is 14.6. The van der Waals surface area contributed by atoms with Gasteiger partial charge in [0.15, 0.2) is 0 Å². The third kappa shape index (κ3) is 3.98. The molecule has 0 aliphatic rings. The van der Waals surface area contributed by atoms with E-state index >= 15 is 0 Å². The van der Waals surface area contributed by atoms with Crippen molar-refractivity contribution in [3.63, 3.8) is 0 Å². The molecule has 0 spiro atoms. The lowest BCUT2D eigenvalue weighted by molar-refractivity contribution is 1.18. The molecule has 46 heavy (non-hydrogen) atoms. The molecule has 214 valence electrons. The molecule has 0 saturated heterocycles. The van der Waals surface area contributed by atoms with E-state index in [-0.39, 0.29) is 0 Å². The predicted molar refractivity (Wildman–Crippen MR) is 191 cm³/mol. The SMILES string of the molecule is N#Cc1cccc(-c2ccc(-c3ccc(-n4c5ccccc5c5ccccc54)cc3)cc2-n2c3ccccc3c3ccccc32)c1. The molecule has 0 radical (unpaired) electrons. The molecule has 0 bridgehead atoms. The largest absolute Gasteiger partial charge is 0.309 e. The quantitative estimate of drug-likeness (QED) is 0.202. The number of hydrogen-bond donors (Lipinski definition) is 0. The fourth-order valence-corrected chi connectivity index (χ4v) is 7.08. The first-order chi connectivity index (χ1) is 22.8. The Bertz CT molecular complexity index is 2540. The van der Waals surface area contributed by atoms with Crippen molar-refractivity contribution in [2.24, 2.45) is 0 Å². The molecule has 0 atom stereocenters. The molecule has 0 aliphatic heterocycles. The fourth-order valence-electron chi connectivity index (χ4n) is 7.08. The van der Waals surface area contributed by atoms with Crippen molar-refractivity contribution in [2.45, 2.75) is 0 Å². The normalized spacial score (nSPS) is 11.5. The zero-order chi connectivity index (χ0) is 30.6. The highest BCUT2D eigenvalue weighted by atomic mass is 15.0. The van der Waals surface area contributed by atoms with Crippen LogP contribution in [0.15, 0.2) is 164 Å². The Kier molecular flexibility index (Phi) is 5.88. The van der Waals surface area contributed by atoms with Gasteiger partial charge in [-0.15, -0.1) is 0 Å². The lowest BCUT2D eigenvalue weighted by Crippen LogP contribution is -1.98. The highest BCUT2D eigenvalue weighted by molar-refractivity contribution is 6.10. The van der Waals surface area contributed by atoms with Crippen LogP contribution in [-0.4, -0.2) is 9.13 Å². The third-order valence-electron chi connectivity index (χ3n) is 9.16. The molecular weight excluding hydrogens is 558 g/mol. The molecule has 2 aromatic heterocycles. The molecule has 9 aromatic rings. The highest BCUT2D eigenvalue weighted by Gasteiger charge is 2.17. The van der Waals surface area contributed by atoms with Crippen molar-refractivity contribution in [3.8, 4) is 39.7 Å². The number of fused-ring (bicyclic) bond motifs is 6. The van der Waals surface area contributed by atoms with Crippen LogP contribution in [0.3, 0.4) is 0 Å². The Balaban J connectivity index is 1.24. The van der Waals surface area contributed by atoms with E-state index in [1.165, 1.54) is 32.6 Å². The van der Waals surface area contributed by atoms with Crippen molar-refractivity contribution in [2.75, 3.05) is 0 Å². The van der Waals surface area contributed by atoms with Gasteiger partial charge in [0, 0.05) is 32.8 Å². The van der Waals surface area contributed by atoms with Crippen molar-refractivity contribution in [3.05, 3.63) is 169 Å². The summed E-state index contributed by atoms with van der Waals surface area (Å²) in [6.45, 7) is 0. The molecular formula is C43H27N3. The molecule has 0 fully saturated rings.